The van der Waals surface area contributed by atoms with Crippen molar-refractivity contribution in [2.24, 2.45) is 0 Å². The van der Waals surface area contributed by atoms with E-state index >= 15 is 0 Å². The first-order valence-corrected chi connectivity index (χ1v) is 10.1. The maximum Gasteiger partial charge on any atom is 0.275 e. The predicted octanol–water partition coefficient (Wildman–Crippen LogP) is 4.58. The topological polar surface area (TPSA) is 85.2 Å². The minimum absolute atomic E-state index is 0.0135. The summed E-state index contributed by atoms with van der Waals surface area (Å²) in [4.78, 5) is 28.8. The molecule has 4 aromatic rings. The van der Waals surface area contributed by atoms with Gasteiger partial charge in [0.05, 0.1) is 19.0 Å². The SMILES string of the molecule is COc1ccc(NC(=O)c2cn(Cc3ccc(NC(=O)c4ccccc4F)cc3)cn2)cc1. The molecule has 0 aliphatic heterocycles. The van der Waals surface area contributed by atoms with E-state index in [1.807, 2.05) is 12.1 Å². The Balaban J connectivity index is 1.35. The number of benzene rings is 3. The second-order valence-electron chi connectivity index (χ2n) is 7.24. The number of carbonyl (C=O) groups excluding carboxylic acids is 2. The van der Waals surface area contributed by atoms with Gasteiger partial charge in [-0.3, -0.25) is 9.59 Å². The van der Waals surface area contributed by atoms with Gasteiger partial charge in [-0.15, -0.1) is 0 Å². The lowest BCUT2D eigenvalue weighted by atomic mass is 10.1. The second-order valence-corrected chi connectivity index (χ2v) is 7.24. The van der Waals surface area contributed by atoms with E-state index < -0.39 is 11.7 Å². The summed E-state index contributed by atoms with van der Waals surface area (Å²) < 4.78 is 20.7. The van der Waals surface area contributed by atoms with Crippen molar-refractivity contribution in [2.75, 3.05) is 17.7 Å². The highest BCUT2D eigenvalue weighted by atomic mass is 19.1. The number of imidazole rings is 1. The number of nitrogens with one attached hydrogen (secondary N) is 2. The van der Waals surface area contributed by atoms with Gasteiger partial charge in [0.15, 0.2) is 0 Å². The van der Waals surface area contributed by atoms with Crippen molar-refractivity contribution in [3.63, 3.8) is 0 Å². The molecule has 33 heavy (non-hydrogen) atoms. The summed E-state index contributed by atoms with van der Waals surface area (Å²) in [5.74, 6) is -0.693. The number of rotatable bonds is 7. The van der Waals surface area contributed by atoms with Crippen LogP contribution in [0.2, 0.25) is 0 Å². The van der Waals surface area contributed by atoms with E-state index in [1.54, 1.807) is 66.7 Å². The Labute approximate surface area is 189 Å². The Hall–Kier alpha value is -4.46. The molecular formula is C25H21FN4O3. The van der Waals surface area contributed by atoms with Gasteiger partial charge in [-0.1, -0.05) is 24.3 Å². The van der Waals surface area contributed by atoms with Crippen LogP contribution in [0.15, 0.2) is 85.3 Å². The lowest BCUT2D eigenvalue weighted by molar-refractivity contribution is 0.101. The zero-order chi connectivity index (χ0) is 23.2. The number of carbonyl (C=O) groups is 2. The molecule has 0 atom stereocenters. The van der Waals surface area contributed by atoms with Gasteiger partial charge in [-0.05, 0) is 54.1 Å². The van der Waals surface area contributed by atoms with Gasteiger partial charge in [0, 0.05) is 24.1 Å². The van der Waals surface area contributed by atoms with E-state index in [0.717, 1.165) is 5.56 Å². The lowest BCUT2D eigenvalue weighted by Crippen LogP contribution is -2.13. The molecular weight excluding hydrogens is 423 g/mol. The molecule has 0 spiro atoms. The van der Waals surface area contributed by atoms with Crippen LogP contribution in [0.5, 0.6) is 5.75 Å². The molecule has 166 valence electrons. The van der Waals surface area contributed by atoms with Crippen molar-refractivity contribution in [3.05, 3.63) is 108 Å². The molecule has 4 rings (SSSR count). The van der Waals surface area contributed by atoms with Gasteiger partial charge < -0.3 is 19.9 Å². The average Bonchev–Trinajstić information content (AvgIpc) is 3.30. The van der Waals surface area contributed by atoms with Gasteiger partial charge in [0.1, 0.15) is 17.3 Å². The van der Waals surface area contributed by atoms with Crippen molar-refractivity contribution in [2.45, 2.75) is 6.54 Å². The largest absolute Gasteiger partial charge is 0.497 e. The number of anilines is 2. The van der Waals surface area contributed by atoms with E-state index in [9.17, 15) is 14.0 Å². The standard InChI is InChI=1S/C25H21FN4O3/c1-33-20-12-10-19(11-13-20)29-25(32)23-15-30(16-27-23)14-17-6-8-18(9-7-17)28-24(31)21-4-2-3-5-22(21)26/h2-13,15-16H,14H2,1H3,(H,28,31)(H,29,32). The Kier molecular flexibility index (Phi) is 6.45. The fourth-order valence-electron chi connectivity index (χ4n) is 3.18. The van der Waals surface area contributed by atoms with Crippen LogP contribution in [0.3, 0.4) is 0 Å². The summed E-state index contributed by atoms with van der Waals surface area (Å²) in [6.07, 6.45) is 3.24. The first-order valence-electron chi connectivity index (χ1n) is 10.1. The third-order valence-corrected chi connectivity index (χ3v) is 4.91. The van der Waals surface area contributed by atoms with E-state index in [-0.39, 0.29) is 11.5 Å². The lowest BCUT2D eigenvalue weighted by Gasteiger charge is -2.08. The number of methoxy groups -OCH3 is 1. The van der Waals surface area contributed by atoms with Crippen LogP contribution in [0.1, 0.15) is 26.4 Å². The average molecular weight is 444 g/mol. The summed E-state index contributed by atoms with van der Waals surface area (Å²) in [5, 5.41) is 5.47. The van der Waals surface area contributed by atoms with Crippen LogP contribution in [0, 0.1) is 5.82 Å². The molecule has 3 aromatic carbocycles. The summed E-state index contributed by atoms with van der Waals surface area (Å²) in [6, 6.07) is 20.0. The zero-order valence-corrected chi connectivity index (χ0v) is 17.8. The number of amides is 2. The van der Waals surface area contributed by atoms with Crippen molar-refractivity contribution in [1.82, 2.24) is 9.55 Å². The molecule has 8 heteroatoms. The van der Waals surface area contributed by atoms with Crippen molar-refractivity contribution < 1.29 is 18.7 Å². The number of hydrogen-bond donors (Lipinski definition) is 2. The Morgan fingerprint density at radius 1 is 0.909 bits per heavy atom. The van der Waals surface area contributed by atoms with Gasteiger partial charge in [-0.2, -0.15) is 0 Å². The molecule has 0 saturated heterocycles. The molecule has 1 aromatic heterocycles. The monoisotopic (exact) mass is 444 g/mol. The zero-order valence-electron chi connectivity index (χ0n) is 17.8. The van der Waals surface area contributed by atoms with E-state index in [2.05, 4.69) is 15.6 Å². The fourth-order valence-corrected chi connectivity index (χ4v) is 3.18. The number of nitrogens with zero attached hydrogens (tertiary/aromatic N) is 2. The van der Waals surface area contributed by atoms with Crippen molar-refractivity contribution >= 4 is 23.2 Å². The highest BCUT2D eigenvalue weighted by molar-refractivity contribution is 6.04. The predicted molar refractivity (Wildman–Crippen MR) is 123 cm³/mol. The third-order valence-electron chi connectivity index (χ3n) is 4.91. The van der Waals surface area contributed by atoms with Gasteiger partial charge in [-0.25, -0.2) is 9.37 Å². The maximum absolute atomic E-state index is 13.8. The minimum Gasteiger partial charge on any atom is -0.497 e. The Morgan fingerprint density at radius 2 is 1.55 bits per heavy atom. The number of ether oxygens (including phenoxy) is 1. The van der Waals surface area contributed by atoms with Crippen molar-refractivity contribution in [3.8, 4) is 5.75 Å². The maximum atomic E-state index is 13.8. The van der Waals surface area contributed by atoms with Crippen LogP contribution in [0.4, 0.5) is 15.8 Å². The van der Waals surface area contributed by atoms with E-state index in [4.69, 9.17) is 4.74 Å². The van der Waals surface area contributed by atoms with Gasteiger partial charge in [0.2, 0.25) is 0 Å². The van der Waals surface area contributed by atoms with Crippen LogP contribution in [-0.2, 0) is 6.54 Å². The fraction of sp³-hybridized carbons (Fsp3) is 0.0800. The number of aromatic nitrogens is 2. The first-order chi connectivity index (χ1) is 16.0. The molecule has 7 nitrogen and oxygen atoms in total. The quantitative estimate of drug-likeness (QED) is 0.437. The van der Waals surface area contributed by atoms with Crippen LogP contribution in [0.25, 0.3) is 0 Å². The molecule has 0 radical (unpaired) electrons. The van der Waals surface area contributed by atoms with E-state index in [1.165, 1.54) is 18.2 Å². The molecule has 0 fully saturated rings. The van der Waals surface area contributed by atoms with Crippen LogP contribution < -0.4 is 15.4 Å². The molecule has 0 bridgehead atoms. The molecule has 0 saturated carbocycles. The normalized spacial score (nSPS) is 10.5. The number of halogens is 1. The Bertz CT molecular complexity index is 1270. The highest BCUT2D eigenvalue weighted by Gasteiger charge is 2.12. The molecule has 0 aliphatic carbocycles. The van der Waals surface area contributed by atoms with Crippen LogP contribution in [-0.4, -0.2) is 28.5 Å². The van der Waals surface area contributed by atoms with Crippen LogP contribution >= 0.6 is 0 Å². The smallest absolute Gasteiger partial charge is 0.275 e. The van der Waals surface area contributed by atoms with E-state index in [0.29, 0.717) is 29.4 Å². The minimum atomic E-state index is -0.571. The summed E-state index contributed by atoms with van der Waals surface area (Å²) in [6.45, 7) is 0.490. The summed E-state index contributed by atoms with van der Waals surface area (Å²) in [5.41, 5.74) is 2.42. The van der Waals surface area contributed by atoms with Gasteiger partial charge in [0.25, 0.3) is 11.8 Å². The number of hydrogen-bond acceptors (Lipinski definition) is 4. The first kappa shape index (κ1) is 21.8. The second kappa shape index (κ2) is 9.78. The third kappa shape index (κ3) is 5.43. The summed E-state index contributed by atoms with van der Waals surface area (Å²) in [7, 11) is 1.58. The molecule has 0 aliphatic rings. The molecule has 1 heterocycles. The highest BCUT2D eigenvalue weighted by Crippen LogP contribution is 2.17. The molecule has 2 N–H and O–H groups in total. The Morgan fingerprint density at radius 3 is 2.21 bits per heavy atom. The van der Waals surface area contributed by atoms with Gasteiger partial charge >= 0.3 is 0 Å². The van der Waals surface area contributed by atoms with Crippen molar-refractivity contribution in [1.29, 1.82) is 0 Å². The molecule has 2 amide bonds. The summed E-state index contributed by atoms with van der Waals surface area (Å²) >= 11 is 0. The molecule has 0 unspecified atom stereocenters.